The first-order chi connectivity index (χ1) is 12.0. The minimum absolute atomic E-state index is 0.203. The van der Waals surface area contributed by atoms with Crippen molar-refractivity contribution in [2.24, 2.45) is 5.92 Å². The lowest BCUT2D eigenvalue weighted by Crippen LogP contribution is -2.34. The number of rotatable bonds is 8. The summed E-state index contributed by atoms with van der Waals surface area (Å²) in [4.78, 5) is 29.1. The number of nitrogens with one attached hydrogen (secondary N) is 1. The summed E-state index contributed by atoms with van der Waals surface area (Å²) in [5, 5.41) is 2.87. The number of pyridine rings is 2. The van der Waals surface area contributed by atoms with Gasteiger partial charge in [0.05, 0.1) is 0 Å². The first-order valence-electron chi connectivity index (χ1n) is 8.86. The molecule has 0 fully saturated rings. The van der Waals surface area contributed by atoms with Crippen LogP contribution in [-0.4, -0.2) is 22.0 Å². The maximum atomic E-state index is 12.6. The van der Waals surface area contributed by atoms with E-state index in [-0.39, 0.29) is 17.0 Å². The third-order valence-corrected chi connectivity index (χ3v) is 4.20. The summed E-state index contributed by atoms with van der Waals surface area (Å²) in [6, 6.07) is 5.76. The van der Waals surface area contributed by atoms with E-state index in [2.05, 4.69) is 24.1 Å². The van der Waals surface area contributed by atoms with Gasteiger partial charge in [0.15, 0.2) is 0 Å². The van der Waals surface area contributed by atoms with E-state index in [1.165, 1.54) is 0 Å². The van der Waals surface area contributed by atoms with Crippen LogP contribution >= 0.6 is 0 Å². The molecule has 25 heavy (non-hydrogen) atoms. The predicted octanol–water partition coefficient (Wildman–Crippen LogP) is 2.96. The summed E-state index contributed by atoms with van der Waals surface area (Å²) in [6.45, 7) is 7.22. The Balaban J connectivity index is 1.96. The van der Waals surface area contributed by atoms with Crippen LogP contribution in [0.1, 0.15) is 48.2 Å². The monoisotopic (exact) mass is 341 g/mol. The second-order valence-electron chi connectivity index (χ2n) is 6.78. The Hall–Kier alpha value is -2.43. The van der Waals surface area contributed by atoms with Gasteiger partial charge in [0.2, 0.25) is 0 Å². The van der Waals surface area contributed by atoms with Gasteiger partial charge in [0.25, 0.3) is 11.5 Å². The number of aryl methyl sites for hydroxylation is 3. The van der Waals surface area contributed by atoms with Crippen LogP contribution < -0.4 is 10.9 Å². The van der Waals surface area contributed by atoms with Crippen molar-refractivity contribution < 1.29 is 4.79 Å². The topological polar surface area (TPSA) is 64.0 Å². The normalized spacial score (nSPS) is 10.9. The zero-order valence-corrected chi connectivity index (χ0v) is 15.3. The standard InChI is InChI=1S/C20H27N3O2/c1-15(2)8-12-23-13-9-16(3)18(20(23)25)19(24)22-11-5-7-17-6-4-10-21-14-17/h4,6,9-10,13-15H,5,7-8,11-12H2,1-3H3,(H,22,24). The Morgan fingerprint density at radius 2 is 2.12 bits per heavy atom. The Morgan fingerprint density at radius 1 is 1.32 bits per heavy atom. The van der Waals surface area contributed by atoms with E-state index in [1.54, 1.807) is 23.9 Å². The van der Waals surface area contributed by atoms with Gasteiger partial charge in [-0.25, -0.2) is 0 Å². The van der Waals surface area contributed by atoms with Gasteiger partial charge in [-0.3, -0.25) is 14.6 Å². The lowest BCUT2D eigenvalue weighted by Gasteiger charge is -2.12. The highest BCUT2D eigenvalue weighted by atomic mass is 16.2. The van der Waals surface area contributed by atoms with Gasteiger partial charge in [0.1, 0.15) is 5.56 Å². The van der Waals surface area contributed by atoms with Gasteiger partial charge in [0, 0.05) is 31.7 Å². The minimum Gasteiger partial charge on any atom is -0.352 e. The zero-order valence-electron chi connectivity index (χ0n) is 15.3. The van der Waals surface area contributed by atoms with Crippen LogP contribution in [0.15, 0.2) is 41.6 Å². The number of nitrogens with zero attached hydrogens (tertiary/aromatic N) is 2. The maximum absolute atomic E-state index is 12.6. The maximum Gasteiger partial charge on any atom is 0.263 e. The smallest absolute Gasteiger partial charge is 0.263 e. The van der Waals surface area contributed by atoms with Crippen molar-refractivity contribution in [2.75, 3.05) is 6.54 Å². The molecule has 2 heterocycles. The molecular weight excluding hydrogens is 314 g/mol. The van der Waals surface area contributed by atoms with Crippen LogP contribution in [0.3, 0.4) is 0 Å². The van der Waals surface area contributed by atoms with E-state index in [9.17, 15) is 9.59 Å². The van der Waals surface area contributed by atoms with Crippen molar-refractivity contribution in [1.82, 2.24) is 14.9 Å². The molecule has 0 radical (unpaired) electrons. The van der Waals surface area contributed by atoms with Crippen molar-refractivity contribution >= 4 is 5.91 Å². The summed E-state index contributed by atoms with van der Waals surface area (Å²) in [5.41, 5.74) is 1.91. The molecular formula is C20H27N3O2. The zero-order chi connectivity index (χ0) is 18.2. The molecule has 0 bridgehead atoms. The molecule has 134 valence electrons. The van der Waals surface area contributed by atoms with Crippen molar-refractivity contribution in [2.45, 2.75) is 46.6 Å². The number of amides is 1. The Bertz CT molecular complexity index is 751. The third-order valence-electron chi connectivity index (χ3n) is 4.20. The Labute approximate surface area is 149 Å². The summed E-state index contributed by atoms with van der Waals surface area (Å²) >= 11 is 0. The van der Waals surface area contributed by atoms with Crippen molar-refractivity contribution in [3.8, 4) is 0 Å². The number of hydrogen-bond donors (Lipinski definition) is 1. The molecule has 0 saturated heterocycles. The molecule has 0 unspecified atom stereocenters. The SMILES string of the molecule is Cc1ccn(CCC(C)C)c(=O)c1C(=O)NCCCc1cccnc1. The van der Waals surface area contributed by atoms with E-state index < -0.39 is 0 Å². The number of hydrogen-bond acceptors (Lipinski definition) is 3. The van der Waals surface area contributed by atoms with Crippen LogP contribution in [0.5, 0.6) is 0 Å². The molecule has 1 N–H and O–H groups in total. The second kappa shape index (κ2) is 9.16. The molecule has 0 aliphatic rings. The first kappa shape index (κ1) is 18.9. The second-order valence-corrected chi connectivity index (χ2v) is 6.78. The van der Waals surface area contributed by atoms with Crippen LogP contribution in [0.4, 0.5) is 0 Å². The molecule has 1 amide bonds. The molecule has 0 spiro atoms. The number of carbonyl (C=O) groups is 1. The van der Waals surface area contributed by atoms with E-state index in [0.29, 0.717) is 19.0 Å². The van der Waals surface area contributed by atoms with Crippen LogP contribution in [0, 0.1) is 12.8 Å². The molecule has 2 aromatic rings. The predicted molar refractivity (Wildman–Crippen MR) is 99.8 cm³/mol. The Kier molecular flexibility index (Phi) is 6.92. The fourth-order valence-electron chi connectivity index (χ4n) is 2.64. The highest BCUT2D eigenvalue weighted by Gasteiger charge is 2.15. The van der Waals surface area contributed by atoms with E-state index >= 15 is 0 Å². The van der Waals surface area contributed by atoms with E-state index in [0.717, 1.165) is 30.4 Å². The summed E-state index contributed by atoms with van der Waals surface area (Å²) in [7, 11) is 0. The molecule has 2 rings (SSSR count). The average molecular weight is 341 g/mol. The molecule has 5 nitrogen and oxygen atoms in total. The quantitative estimate of drug-likeness (QED) is 0.751. The summed E-state index contributed by atoms with van der Waals surface area (Å²) in [5.74, 6) is 0.227. The minimum atomic E-state index is -0.285. The van der Waals surface area contributed by atoms with Gasteiger partial charge in [-0.05, 0) is 55.4 Å². The summed E-state index contributed by atoms with van der Waals surface area (Å²) in [6.07, 6.45) is 7.92. The van der Waals surface area contributed by atoms with Gasteiger partial charge in [-0.1, -0.05) is 19.9 Å². The molecule has 5 heteroatoms. The molecule has 0 atom stereocenters. The number of aromatic nitrogens is 2. The largest absolute Gasteiger partial charge is 0.352 e. The molecule has 0 aliphatic carbocycles. The van der Waals surface area contributed by atoms with Crippen molar-refractivity contribution in [3.05, 3.63) is 63.8 Å². The lowest BCUT2D eigenvalue weighted by molar-refractivity contribution is 0.0950. The van der Waals surface area contributed by atoms with Crippen LogP contribution in [0.2, 0.25) is 0 Å². The number of carbonyl (C=O) groups excluding carboxylic acids is 1. The highest BCUT2D eigenvalue weighted by Crippen LogP contribution is 2.06. The van der Waals surface area contributed by atoms with Gasteiger partial charge in [-0.15, -0.1) is 0 Å². The first-order valence-corrected chi connectivity index (χ1v) is 8.86. The van der Waals surface area contributed by atoms with Gasteiger partial charge >= 0.3 is 0 Å². The fraction of sp³-hybridized carbons (Fsp3) is 0.450. The fourth-order valence-corrected chi connectivity index (χ4v) is 2.64. The molecule has 0 aliphatic heterocycles. The molecule has 0 aromatic carbocycles. The molecule has 2 aromatic heterocycles. The highest BCUT2D eigenvalue weighted by molar-refractivity contribution is 5.95. The van der Waals surface area contributed by atoms with E-state index in [1.807, 2.05) is 24.4 Å². The van der Waals surface area contributed by atoms with E-state index in [4.69, 9.17) is 0 Å². The van der Waals surface area contributed by atoms with Crippen molar-refractivity contribution in [1.29, 1.82) is 0 Å². The molecule has 0 saturated carbocycles. The van der Waals surface area contributed by atoms with Crippen LogP contribution in [-0.2, 0) is 13.0 Å². The summed E-state index contributed by atoms with van der Waals surface area (Å²) < 4.78 is 1.64. The van der Waals surface area contributed by atoms with Gasteiger partial charge < -0.3 is 9.88 Å². The third kappa shape index (κ3) is 5.55. The van der Waals surface area contributed by atoms with Crippen LogP contribution in [0.25, 0.3) is 0 Å². The van der Waals surface area contributed by atoms with Gasteiger partial charge in [-0.2, -0.15) is 0 Å². The lowest BCUT2D eigenvalue weighted by atomic mass is 10.1. The average Bonchev–Trinajstić information content (AvgIpc) is 2.59. The Morgan fingerprint density at radius 3 is 2.80 bits per heavy atom. The van der Waals surface area contributed by atoms with Crippen molar-refractivity contribution in [3.63, 3.8) is 0 Å².